The standard InChI is InChI=1S/C26H22N4O4S2/c1-16-23(18-6-4-3-5-7-18)28-26(36-16)29-24(31)17(2)35-22-14-10-20(11-15-22)27-25(32)19-8-12-21(13-9-19)30(33)34/h3-15,17H,1-2H3,(H,27,32)(H,28,29,31). The number of amides is 2. The first-order valence-electron chi connectivity index (χ1n) is 11.0. The number of nitro groups is 1. The van der Waals surface area contributed by atoms with Crippen LogP contribution in [-0.4, -0.2) is 27.0 Å². The van der Waals surface area contributed by atoms with E-state index in [9.17, 15) is 19.7 Å². The number of carbonyl (C=O) groups excluding carboxylic acids is 2. The Kier molecular flexibility index (Phi) is 7.77. The molecule has 8 nitrogen and oxygen atoms in total. The summed E-state index contributed by atoms with van der Waals surface area (Å²) in [6, 6.07) is 22.4. The van der Waals surface area contributed by atoms with Gasteiger partial charge < -0.3 is 10.6 Å². The Morgan fingerprint density at radius 2 is 1.64 bits per heavy atom. The van der Waals surface area contributed by atoms with Crippen LogP contribution in [0.1, 0.15) is 22.2 Å². The maximum atomic E-state index is 12.7. The molecule has 1 atom stereocenters. The van der Waals surface area contributed by atoms with Crippen LogP contribution in [0.25, 0.3) is 11.3 Å². The van der Waals surface area contributed by atoms with Crippen LogP contribution in [0.2, 0.25) is 0 Å². The van der Waals surface area contributed by atoms with Crippen LogP contribution in [-0.2, 0) is 4.79 Å². The molecule has 0 aliphatic heterocycles. The maximum absolute atomic E-state index is 12.7. The second kappa shape index (κ2) is 11.1. The van der Waals surface area contributed by atoms with E-state index in [4.69, 9.17) is 0 Å². The summed E-state index contributed by atoms with van der Waals surface area (Å²) in [5, 5.41) is 16.6. The highest BCUT2D eigenvalue weighted by molar-refractivity contribution is 8.00. The van der Waals surface area contributed by atoms with Gasteiger partial charge in [0.05, 0.1) is 15.9 Å². The summed E-state index contributed by atoms with van der Waals surface area (Å²) in [5.74, 6) is -0.518. The lowest BCUT2D eigenvalue weighted by molar-refractivity contribution is -0.384. The predicted octanol–water partition coefficient (Wildman–Crippen LogP) is 6.40. The number of nitrogens with one attached hydrogen (secondary N) is 2. The fourth-order valence-electron chi connectivity index (χ4n) is 3.33. The average Bonchev–Trinajstić information content (AvgIpc) is 3.25. The summed E-state index contributed by atoms with van der Waals surface area (Å²) in [4.78, 5) is 41.9. The molecule has 182 valence electrons. The minimum Gasteiger partial charge on any atom is -0.322 e. The molecule has 0 fully saturated rings. The summed E-state index contributed by atoms with van der Waals surface area (Å²) in [6.45, 7) is 3.80. The molecule has 4 aromatic rings. The molecule has 0 saturated carbocycles. The van der Waals surface area contributed by atoms with Crippen molar-refractivity contribution in [3.05, 3.63) is 99.4 Å². The number of anilines is 2. The number of benzene rings is 3. The van der Waals surface area contributed by atoms with Gasteiger partial charge in [-0.05, 0) is 50.2 Å². The molecule has 1 heterocycles. The van der Waals surface area contributed by atoms with Gasteiger partial charge in [-0.2, -0.15) is 0 Å². The molecule has 1 unspecified atom stereocenters. The monoisotopic (exact) mass is 518 g/mol. The third-order valence-electron chi connectivity index (χ3n) is 5.21. The van der Waals surface area contributed by atoms with Crippen LogP contribution >= 0.6 is 23.1 Å². The Labute approximate surface area is 215 Å². The highest BCUT2D eigenvalue weighted by atomic mass is 32.2. The number of hydrogen-bond donors (Lipinski definition) is 2. The molecule has 3 aromatic carbocycles. The van der Waals surface area contributed by atoms with Crippen molar-refractivity contribution in [1.29, 1.82) is 0 Å². The van der Waals surface area contributed by atoms with Crippen molar-refractivity contribution in [1.82, 2.24) is 4.98 Å². The average molecular weight is 519 g/mol. The van der Waals surface area contributed by atoms with E-state index in [0.29, 0.717) is 16.4 Å². The molecular formula is C26H22N4O4S2. The number of nitro benzene ring substituents is 1. The van der Waals surface area contributed by atoms with Gasteiger partial charge in [-0.3, -0.25) is 19.7 Å². The minimum absolute atomic E-state index is 0.0762. The summed E-state index contributed by atoms with van der Waals surface area (Å²) in [6.07, 6.45) is 0. The Hall–Kier alpha value is -4.02. The van der Waals surface area contributed by atoms with Crippen molar-refractivity contribution in [3.8, 4) is 11.3 Å². The Bertz CT molecular complexity index is 1390. The predicted molar refractivity (Wildman–Crippen MR) is 144 cm³/mol. The van der Waals surface area contributed by atoms with E-state index in [-0.39, 0.29) is 22.8 Å². The lowest BCUT2D eigenvalue weighted by Crippen LogP contribution is -2.22. The molecule has 4 rings (SSSR count). The van der Waals surface area contributed by atoms with Crippen LogP contribution in [0.4, 0.5) is 16.5 Å². The minimum atomic E-state index is -0.515. The Balaban J connectivity index is 1.33. The highest BCUT2D eigenvalue weighted by Gasteiger charge is 2.18. The molecule has 0 spiro atoms. The summed E-state index contributed by atoms with van der Waals surface area (Å²) in [5.41, 5.74) is 2.69. The van der Waals surface area contributed by atoms with Gasteiger partial charge in [-0.15, -0.1) is 23.1 Å². The highest BCUT2D eigenvalue weighted by Crippen LogP contribution is 2.31. The van der Waals surface area contributed by atoms with E-state index in [1.807, 2.05) is 56.3 Å². The first-order chi connectivity index (χ1) is 17.3. The van der Waals surface area contributed by atoms with Crippen molar-refractivity contribution >= 4 is 51.4 Å². The quantitative estimate of drug-likeness (QED) is 0.158. The van der Waals surface area contributed by atoms with E-state index in [2.05, 4.69) is 15.6 Å². The molecule has 2 amide bonds. The van der Waals surface area contributed by atoms with Gasteiger partial charge in [0.25, 0.3) is 11.6 Å². The number of thioether (sulfide) groups is 1. The van der Waals surface area contributed by atoms with Crippen molar-refractivity contribution in [2.75, 3.05) is 10.6 Å². The third-order valence-corrected chi connectivity index (χ3v) is 7.21. The third kappa shape index (κ3) is 6.15. The second-order valence-corrected chi connectivity index (χ2v) is 10.4. The fourth-order valence-corrected chi connectivity index (χ4v) is 5.04. The SMILES string of the molecule is Cc1sc(NC(=O)C(C)Sc2ccc(NC(=O)c3ccc([N+](=O)[O-])cc3)cc2)nc1-c1ccccc1. The topological polar surface area (TPSA) is 114 Å². The van der Waals surface area contributed by atoms with Gasteiger partial charge in [0.15, 0.2) is 5.13 Å². The van der Waals surface area contributed by atoms with E-state index in [1.54, 1.807) is 12.1 Å². The van der Waals surface area contributed by atoms with Crippen LogP contribution in [0.5, 0.6) is 0 Å². The second-order valence-electron chi connectivity index (χ2n) is 7.82. The number of aryl methyl sites for hydroxylation is 1. The molecule has 0 aliphatic rings. The molecule has 2 N–H and O–H groups in total. The number of rotatable bonds is 8. The zero-order valence-electron chi connectivity index (χ0n) is 19.4. The zero-order valence-corrected chi connectivity index (χ0v) is 21.1. The molecule has 0 radical (unpaired) electrons. The van der Waals surface area contributed by atoms with Gasteiger partial charge in [0, 0.05) is 38.7 Å². The normalized spacial score (nSPS) is 11.5. The van der Waals surface area contributed by atoms with E-state index in [0.717, 1.165) is 21.0 Å². The molecule has 36 heavy (non-hydrogen) atoms. The van der Waals surface area contributed by atoms with E-state index < -0.39 is 4.92 Å². The van der Waals surface area contributed by atoms with E-state index in [1.165, 1.54) is 47.4 Å². The number of nitrogens with zero attached hydrogens (tertiary/aromatic N) is 2. The van der Waals surface area contributed by atoms with Crippen LogP contribution < -0.4 is 10.6 Å². The van der Waals surface area contributed by atoms with Gasteiger partial charge in [-0.1, -0.05) is 30.3 Å². The summed E-state index contributed by atoms with van der Waals surface area (Å²) >= 11 is 2.84. The van der Waals surface area contributed by atoms with Crippen molar-refractivity contribution in [2.45, 2.75) is 24.0 Å². The molecule has 10 heteroatoms. The van der Waals surface area contributed by atoms with Gasteiger partial charge in [0.2, 0.25) is 5.91 Å². The smallest absolute Gasteiger partial charge is 0.269 e. The molecular weight excluding hydrogens is 496 g/mol. The molecule has 0 aliphatic carbocycles. The lowest BCUT2D eigenvalue weighted by Gasteiger charge is -2.11. The van der Waals surface area contributed by atoms with Crippen LogP contribution in [0.15, 0.2) is 83.8 Å². The van der Waals surface area contributed by atoms with Gasteiger partial charge >= 0.3 is 0 Å². The van der Waals surface area contributed by atoms with Gasteiger partial charge in [-0.25, -0.2) is 4.98 Å². The molecule has 1 aromatic heterocycles. The Morgan fingerprint density at radius 1 is 0.972 bits per heavy atom. The number of hydrogen-bond acceptors (Lipinski definition) is 7. The molecule has 0 bridgehead atoms. The lowest BCUT2D eigenvalue weighted by atomic mass is 10.1. The number of carbonyl (C=O) groups is 2. The molecule has 0 saturated heterocycles. The number of aromatic nitrogens is 1. The maximum Gasteiger partial charge on any atom is 0.269 e. The van der Waals surface area contributed by atoms with Crippen LogP contribution in [0, 0.1) is 17.0 Å². The first-order valence-corrected chi connectivity index (χ1v) is 12.7. The summed E-state index contributed by atoms with van der Waals surface area (Å²) < 4.78 is 0. The van der Waals surface area contributed by atoms with Crippen molar-refractivity contribution < 1.29 is 14.5 Å². The van der Waals surface area contributed by atoms with Crippen molar-refractivity contribution in [2.24, 2.45) is 0 Å². The summed E-state index contributed by atoms with van der Waals surface area (Å²) in [7, 11) is 0. The number of non-ortho nitro benzene ring substituents is 1. The van der Waals surface area contributed by atoms with Crippen LogP contribution in [0.3, 0.4) is 0 Å². The Morgan fingerprint density at radius 3 is 2.28 bits per heavy atom. The van der Waals surface area contributed by atoms with E-state index >= 15 is 0 Å². The largest absolute Gasteiger partial charge is 0.322 e. The first kappa shape index (κ1) is 25.1. The number of thiazole rings is 1. The van der Waals surface area contributed by atoms with Crippen molar-refractivity contribution in [3.63, 3.8) is 0 Å². The van der Waals surface area contributed by atoms with Gasteiger partial charge in [0.1, 0.15) is 0 Å². The zero-order chi connectivity index (χ0) is 25.7. The fraction of sp³-hybridized carbons (Fsp3) is 0.115.